The van der Waals surface area contributed by atoms with E-state index < -0.39 is 10.1 Å². The van der Waals surface area contributed by atoms with Gasteiger partial charge in [-0.3, -0.25) is 4.79 Å². The monoisotopic (exact) mass is 368 g/mol. The molecule has 0 aromatic heterocycles. The van der Waals surface area contributed by atoms with E-state index >= 15 is 0 Å². The van der Waals surface area contributed by atoms with E-state index in [1.807, 2.05) is 6.92 Å². The molecule has 0 atom stereocenters. The van der Waals surface area contributed by atoms with Gasteiger partial charge in [-0.25, -0.2) is 8.42 Å². The van der Waals surface area contributed by atoms with Gasteiger partial charge in [0.05, 0.1) is 23.3 Å². The molecule has 1 heterocycles. The van der Waals surface area contributed by atoms with Gasteiger partial charge in [-0.05, 0) is 17.3 Å². The third-order valence-electron chi connectivity index (χ3n) is 3.54. The first-order chi connectivity index (χ1) is 10.9. The second kappa shape index (κ2) is 14.3. The van der Waals surface area contributed by atoms with Crippen molar-refractivity contribution in [1.82, 2.24) is 0 Å². The van der Waals surface area contributed by atoms with Crippen LogP contribution in [0.5, 0.6) is 0 Å². The highest BCUT2D eigenvalue weighted by Crippen LogP contribution is 2.06. The summed E-state index contributed by atoms with van der Waals surface area (Å²) in [6.07, 6.45) is 6.66. The fraction of sp³-hybridized carbons (Fsp3) is 0.938. The zero-order valence-corrected chi connectivity index (χ0v) is 16.2. The van der Waals surface area contributed by atoms with E-state index in [4.69, 9.17) is 4.74 Å². The largest absolute Gasteiger partial charge is 0.748 e. The van der Waals surface area contributed by atoms with Crippen LogP contribution in [0.15, 0.2) is 0 Å². The van der Waals surface area contributed by atoms with Crippen molar-refractivity contribution in [2.24, 2.45) is 0 Å². The van der Waals surface area contributed by atoms with Crippen molar-refractivity contribution in [3.05, 3.63) is 0 Å². The molecule has 0 N–H and O–H groups in total. The van der Waals surface area contributed by atoms with Crippen LogP contribution in [0, 0.1) is 0 Å². The van der Waals surface area contributed by atoms with Crippen LogP contribution >= 0.6 is 0 Å². The zero-order chi connectivity index (χ0) is 17.6. The summed E-state index contributed by atoms with van der Waals surface area (Å²) in [5, 5.41) is 0. The summed E-state index contributed by atoms with van der Waals surface area (Å²) in [5.41, 5.74) is 0. The highest BCUT2D eigenvalue weighted by molar-refractivity contribution is 7.97. The van der Waals surface area contributed by atoms with E-state index in [2.05, 4.69) is 6.92 Å². The number of Topliss-reactive ketones (excluding diaryl/α,β-unsaturated/α-hetero) is 1. The van der Waals surface area contributed by atoms with E-state index in [-0.39, 0.29) is 5.75 Å². The first-order valence-corrected chi connectivity index (χ1v) is 11.9. The van der Waals surface area contributed by atoms with Gasteiger partial charge in [-0.1, -0.05) is 46.0 Å². The van der Waals surface area contributed by atoms with Gasteiger partial charge in [0, 0.05) is 12.2 Å². The quantitative estimate of drug-likeness (QED) is 0.336. The Balaban J connectivity index is 0.000000422. The molecule has 1 aliphatic heterocycles. The number of ether oxygens (including phenoxy) is 1. The average Bonchev–Trinajstić information content (AvgIpc) is 2.51. The molecule has 0 aromatic rings. The Bertz CT molecular complexity index is 389. The summed E-state index contributed by atoms with van der Waals surface area (Å²) >= 11 is 0. The predicted octanol–water partition coefficient (Wildman–Crippen LogP) is 2.51. The van der Waals surface area contributed by atoms with Crippen molar-refractivity contribution < 1.29 is 22.5 Å². The minimum atomic E-state index is -3.97. The molecule has 0 saturated carbocycles. The Morgan fingerprint density at radius 2 is 1.61 bits per heavy atom. The molecular formula is C16H32O5S2. The van der Waals surface area contributed by atoms with Crippen molar-refractivity contribution >= 4 is 26.8 Å². The maximum absolute atomic E-state index is 11.0. The summed E-state index contributed by atoms with van der Waals surface area (Å²) < 4.78 is 35.7. The van der Waals surface area contributed by atoms with Crippen LogP contribution in [0.3, 0.4) is 0 Å². The highest BCUT2D eigenvalue weighted by atomic mass is 32.2. The number of ketones is 1. The molecule has 1 saturated heterocycles. The van der Waals surface area contributed by atoms with E-state index in [1.165, 1.54) is 12.8 Å². The van der Waals surface area contributed by atoms with Crippen molar-refractivity contribution in [3.63, 3.8) is 0 Å². The number of rotatable bonds is 10. The normalized spacial score (nSPS) is 15.8. The summed E-state index contributed by atoms with van der Waals surface area (Å²) in [6.45, 7) is 5.79. The molecule has 1 aliphatic rings. The Morgan fingerprint density at radius 3 is 2.13 bits per heavy atom. The third kappa shape index (κ3) is 16.5. The number of hydrogen-bond acceptors (Lipinski definition) is 5. The standard InChI is InChI=1S/C8H18O3S.C8H15O2S/c1-2-3-4-5-6-7-8-12(9,10)11;1-2-8(9)7-11-5-3-10-4-6-11/h2-8H2,1H3,(H,9,10,11);2-7H2,1H3/q;+1/p-1. The van der Waals surface area contributed by atoms with Crippen LogP contribution < -0.4 is 0 Å². The van der Waals surface area contributed by atoms with E-state index in [1.54, 1.807) is 0 Å². The van der Waals surface area contributed by atoms with Gasteiger partial charge in [-0.2, -0.15) is 0 Å². The van der Waals surface area contributed by atoms with Crippen molar-refractivity contribution in [1.29, 1.82) is 0 Å². The van der Waals surface area contributed by atoms with Crippen molar-refractivity contribution in [3.8, 4) is 0 Å². The van der Waals surface area contributed by atoms with Crippen molar-refractivity contribution in [2.75, 3.05) is 36.2 Å². The minimum Gasteiger partial charge on any atom is -0.748 e. The molecule has 0 amide bonds. The Labute approximate surface area is 144 Å². The smallest absolute Gasteiger partial charge is 0.181 e. The third-order valence-corrected chi connectivity index (χ3v) is 6.55. The average molecular weight is 369 g/mol. The van der Waals surface area contributed by atoms with Gasteiger partial charge < -0.3 is 9.29 Å². The van der Waals surface area contributed by atoms with Crippen LogP contribution in [-0.2, 0) is 30.5 Å². The molecule has 0 spiro atoms. The maximum atomic E-state index is 11.0. The molecule has 5 nitrogen and oxygen atoms in total. The first-order valence-electron chi connectivity index (χ1n) is 8.56. The van der Waals surface area contributed by atoms with Gasteiger partial charge in [-0.15, -0.1) is 0 Å². The molecule has 1 fully saturated rings. The lowest BCUT2D eigenvalue weighted by molar-refractivity contribution is -0.116. The predicted molar refractivity (Wildman–Crippen MR) is 96.0 cm³/mol. The lowest BCUT2D eigenvalue weighted by atomic mass is 10.1. The SMILES string of the molecule is CCC(=O)C[S+]1CCOCC1.CCCCCCCCS(=O)(=O)[O-]. The molecule has 23 heavy (non-hydrogen) atoms. The number of unbranched alkanes of at least 4 members (excludes halogenated alkanes) is 5. The van der Waals surface area contributed by atoms with E-state index in [9.17, 15) is 17.8 Å². The van der Waals surface area contributed by atoms with Gasteiger partial charge in [0.25, 0.3) is 0 Å². The summed E-state index contributed by atoms with van der Waals surface area (Å²) in [6, 6.07) is 0. The lowest BCUT2D eigenvalue weighted by Crippen LogP contribution is -2.31. The molecule has 1 rings (SSSR count). The Morgan fingerprint density at radius 1 is 1.04 bits per heavy atom. The van der Waals surface area contributed by atoms with Crippen LogP contribution in [0.25, 0.3) is 0 Å². The summed E-state index contributed by atoms with van der Waals surface area (Å²) in [4.78, 5) is 11.0. The van der Waals surface area contributed by atoms with Crippen LogP contribution in [0.4, 0.5) is 0 Å². The molecule has 7 heteroatoms. The molecule has 0 aromatic carbocycles. The minimum absolute atomic E-state index is 0.195. The second-order valence-electron chi connectivity index (χ2n) is 5.70. The molecule has 0 radical (unpaired) electrons. The molecule has 138 valence electrons. The van der Waals surface area contributed by atoms with E-state index in [0.717, 1.165) is 49.7 Å². The Hall–Kier alpha value is -0.110. The molecule has 0 bridgehead atoms. The summed E-state index contributed by atoms with van der Waals surface area (Å²) in [5.74, 6) is 3.23. The molecule has 0 aliphatic carbocycles. The first kappa shape index (κ1) is 22.9. The van der Waals surface area contributed by atoms with Crippen LogP contribution in [0.2, 0.25) is 0 Å². The van der Waals surface area contributed by atoms with Gasteiger partial charge in [0.15, 0.2) is 11.5 Å². The second-order valence-corrected chi connectivity index (χ2v) is 9.55. The van der Waals surface area contributed by atoms with Gasteiger partial charge in [0.1, 0.15) is 11.5 Å². The lowest BCUT2D eigenvalue weighted by Gasteiger charge is -2.13. The Kier molecular flexibility index (Phi) is 14.2. The fourth-order valence-corrected chi connectivity index (χ4v) is 4.51. The molecular weight excluding hydrogens is 336 g/mol. The number of hydrogen-bond donors (Lipinski definition) is 0. The summed E-state index contributed by atoms with van der Waals surface area (Å²) in [7, 11) is -3.62. The fourth-order valence-electron chi connectivity index (χ4n) is 2.09. The van der Waals surface area contributed by atoms with Crippen molar-refractivity contribution in [2.45, 2.75) is 58.8 Å². The topological polar surface area (TPSA) is 83.5 Å². The highest BCUT2D eigenvalue weighted by Gasteiger charge is 2.24. The van der Waals surface area contributed by atoms with Gasteiger partial charge >= 0.3 is 0 Å². The zero-order valence-electron chi connectivity index (χ0n) is 14.6. The number of carbonyl (C=O) groups excluding carboxylic acids is 1. The van der Waals surface area contributed by atoms with Crippen LogP contribution in [-0.4, -0.2) is 55.0 Å². The number of carbonyl (C=O) groups is 1. The van der Waals surface area contributed by atoms with Gasteiger partial charge in [0.2, 0.25) is 0 Å². The van der Waals surface area contributed by atoms with E-state index in [0.29, 0.717) is 29.5 Å². The van der Waals surface area contributed by atoms with Crippen LogP contribution in [0.1, 0.15) is 58.8 Å². The maximum Gasteiger partial charge on any atom is 0.181 e. The molecule has 0 unspecified atom stereocenters.